The summed E-state index contributed by atoms with van der Waals surface area (Å²) in [7, 11) is 1.66. The van der Waals surface area contributed by atoms with E-state index in [1.807, 2.05) is 6.92 Å². The molecule has 4 heterocycles. The molecule has 10 heteroatoms. The quantitative estimate of drug-likeness (QED) is 0.447. The fourth-order valence-electron chi connectivity index (χ4n) is 4.46. The van der Waals surface area contributed by atoms with Gasteiger partial charge in [0.1, 0.15) is 0 Å². The standard InChI is InChI=1S/C22H19F3N6O/c1-11-20(31-17(27-11)5-4-7-26-31)22(32)30-8-6-14-19(12(30)2)28-29(3)21(14)13-9-15(23)18(25)16(24)10-13/h4-5,7,9-10,12H,6,8H2,1-3H3/t12-/m0/s1. The van der Waals surface area contributed by atoms with E-state index in [1.165, 1.54) is 9.20 Å². The highest BCUT2D eigenvalue weighted by Gasteiger charge is 2.35. The molecule has 0 N–H and O–H groups in total. The first kappa shape index (κ1) is 20.2. The van der Waals surface area contributed by atoms with Crippen LogP contribution in [0.3, 0.4) is 0 Å². The summed E-state index contributed by atoms with van der Waals surface area (Å²) in [5, 5.41) is 8.79. The van der Waals surface area contributed by atoms with Crippen molar-refractivity contribution in [2.24, 2.45) is 7.05 Å². The Bertz CT molecular complexity index is 1370. The highest BCUT2D eigenvalue weighted by Crippen LogP contribution is 2.37. The van der Waals surface area contributed by atoms with Crippen LogP contribution >= 0.6 is 0 Å². The van der Waals surface area contributed by atoms with Crippen molar-refractivity contribution in [2.45, 2.75) is 26.3 Å². The average molecular weight is 440 g/mol. The molecule has 0 saturated carbocycles. The molecule has 0 fully saturated rings. The van der Waals surface area contributed by atoms with Crippen LogP contribution in [0.5, 0.6) is 0 Å². The molecule has 1 aliphatic heterocycles. The molecule has 5 rings (SSSR count). The van der Waals surface area contributed by atoms with Crippen LogP contribution in [0.25, 0.3) is 16.9 Å². The number of benzene rings is 1. The van der Waals surface area contributed by atoms with Crippen molar-refractivity contribution in [3.8, 4) is 11.3 Å². The van der Waals surface area contributed by atoms with Crippen molar-refractivity contribution in [1.82, 2.24) is 29.3 Å². The molecular formula is C22H19F3N6O. The van der Waals surface area contributed by atoms with Gasteiger partial charge in [-0.2, -0.15) is 10.2 Å². The minimum atomic E-state index is -1.51. The summed E-state index contributed by atoms with van der Waals surface area (Å²) in [6.07, 6.45) is 2.02. The van der Waals surface area contributed by atoms with E-state index in [2.05, 4.69) is 15.2 Å². The minimum absolute atomic E-state index is 0.200. The van der Waals surface area contributed by atoms with Gasteiger partial charge in [0.05, 0.1) is 23.1 Å². The van der Waals surface area contributed by atoms with Gasteiger partial charge in [0.25, 0.3) is 5.91 Å². The summed E-state index contributed by atoms with van der Waals surface area (Å²) >= 11 is 0. The summed E-state index contributed by atoms with van der Waals surface area (Å²) in [5.41, 5.74) is 3.66. The Kier molecular flexibility index (Phi) is 4.54. The molecule has 1 aliphatic rings. The first-order valence-electron chi connectivity index (χ1n) is 10.1. The van der Waals surface area contributed by atoms with Crippen LogP contribution in [-0.4, -0.2) is 41.7 Å². The summed E-state index contributed by atoms with van der Waals surface area (Å²) in [6, 6.07) is 5.06. The number of fused-ring (bicyclic) bond motifs is 2. The molecule has 0 spiro atoms. The van der Waals surface area contributed by atoms with E-state index in [0.29, 0.717) is 41.4 Å². The van der Waals surface area contributed by atoms with Gasteiger partial charge >= 0.3 is 0 Å². The zero-order valence-corrected chi connectivity index (χ0v) is 17.6. The lowest BCUT2D eigenvalue weighted by molar-refractivity contribution is 0.0664. The van der Waals surface area contributed by atoms with Crippen molar-refractivity contribution < 1.29 is 18.0 Å². The molecule has 7 nitrogen and oxygen atoms in total. The van der Waals surface area contributed by atoms with E-state index in [4.69, 9.17) is 0 Å². The van der Waals surface area contributed by atoms with Gasteiger partial charge in [0, 0.05) is 30.9 Å². The summed E-state index contributed by atoms with van der Waals surface area (Å²) in [4.78, 5) is 19.6. The predicted octanol–water partition coefficient (Wildman–Crippen LogP) is 3.62. The molecule has 0 saturated heterocycles. The normalized spacial score (nSPS) is 15.9. The number of carbonyl (C=O) groups is 1. The lowest BCUT2D eigenvalue weighted by Gasteiger charge is -2.32. The van der Waals surface area contributed by atoms with E-state index >= 15 is 0 Å². The Hall–Kier alpha value is -3.69. The maximum Gasteiger partial charge on any atom is 0.275 e. The summed E-state index contributed by atoms with van der Waals surface area (Å²) in [5.74, 6) is -4.25. The Morgan fingerprint density at radius 1 is 1.19 bits per heavy atom. The van der Waals surface area contributed by atoms with Gasteiger partial charge < -0.3 is 4.90 Å². The van der Waals surface area contributed by atoms with Crippen LogP contribution in [0.15, 0.2) is 30.5 Å². The number of hydrogen-bond donors (Lipinski definition) is 0. The van der Waals surface area contributed by atoms with Crippen LogP contribution in [0.2, 0.25) is 0 Å². The number of amides is 1. The molecule has 0 aliphatic carbocycles. The third-order valence-corrected chi connectivity index (χ3v) is 5.93. The van der Waals surface area contributed by atoms with E-state index in [9.17, 15) is 18.0 Å². The number of rotatable bonds is 2. The van der Waals surface area contributed by atoms with E-state index < -0.39 is 23.5 Å². The number of carbonyl (C=O) groups excluding carboxylic acids is 1. The average Bonchev–Trinajstić information content (AvgIpc) is 3.27. The second-order valence-electron chi connectivity index (χ2n) is 7.85. The van der Waals surface area contributed by atoms with Crippen LogP contribution in [0.4, 0.5) is 13.2 Å². The highest BCUT2D eigenvalue weighted by atomic mass is 19.2. The van der Waals surface area contributed by atoms with Gasteiger partial charge in [-0.1, -0.05) is 0 Å². The number of aryl methyl sites for hydroxylation is 2. The summed E-state index contributed by atoms with van der Waals surface area (Å²) in [6.45, 7) is 3.99. The Morgan fingerprint density at radius 3 is 2.62 bits per heavy atom. The van der Waals surface area contributed by atoms with Crippen molar-refractivity contribution in [1.29, 1.82) is 0 Å². The van der Waals surface area contributed by atoms with Crippen LogP contribution in [-0.2, 0) is 13.5 Å². The second kappa shape index (κ2) is 7.18. The first-order valence-corrected chi connectivity index (χ1v) is 10.1. The molecule has 1 aromatic carbocycles. The fraction of sp³-hybridized carbons (Fsp3) is 0.273. The maximum atomic E-state index is 13.9. The predicted molar refractivity (Wildman–Crippen MR) is 109 cm³/mol. The van der Waals surface area contributed by atoms with Crippen molar-refractivity contribution >= 4 is 11.6 Å². The zero-order valence-electron chi connectivity index (χ0n) is 17.6. The van der Waals surface area contributed by atoms with Gasteiger partial charge in [-0.05, 0) is 44.5 Å². The fourth-order valence-corrected chi connectivity index (χ4v) is 4.46. The van der Waals surface area contributed by atoms with Crippen molar-refractivity contribution in [2.75, 3.05) is 6.54 Å². The third kappa shape index (κ3) is 2.89. The van der Waals surface area contributed by atoms with E-state index in [0.717, 1.165) is 17.7 Å². The van der Waals surface area contributed by atoms with Gasteiger partial charge in [-0.3, -0.25) is 9.48 Å². The van der Waals surface area contributed by atoms with Gasteiger partial charge in [0.15, 0.2) is 28.8 Å². The van der Waals surface area contributed by atoms with Crippen LogP contribution in [0, 0.1) is 24.4 Å². The minimum Gasteiger partial charge on any atom is -0.329 e. The maximum absolute atomic E-state index is 13.9. The summed E-state index contributed by atoms with van der Waals surface area (Å²) < 4.78 is 44.2. The Morgan fingerprint density at radius 2 is 1.91 bits per heavy atom. The lowest BCUT2D eigenvalue weighted by atomic mass is 9.95. The van der Waals surface area contributed by atoms with Crippen molar-refractivity contribution in [3.63, 3.8) is 0 Å². The van der Waals surface area contributed by atoms with Gasteiger partial charge in [-0.15, -0.1) is 0 Å². The molecule has 32 heavy (non-hydrogen) atoms. The van der Waals surface area contributed by atoms with Gasteiger partial charge in [0.2, 0.25) is 0 Å². The van der Waals surface area contributed by atoms with E-state index in [1.54, 1.807) is 37.2 Å². The first-order chi connectivity index (χ1) is 15.3. The lowest BCUT2D eigenvalue weighted by Crippen LogP contribution is -2.39. The molecule has 3 aromatic heterocycles. The number of imidazole rings is 1. The van der Waals surface area contributed by atoms with Crippen molar-refractivity contribution in [3.05, 3.63) is 70.6 Å². The number of aromatic nitrogens is 5. The molecular weight excluding hydrogens is 421 g/mol. The molecule has 1 amide bonds. The monoisotopic (exact) mass is 440 g/mol. The molecule has 164 valence electrons. The largest absolute Gasteiger partial charge is 0.329 e. The number of hydrogen-bond acceptors (Lipinski definition) is 4. The third-order valence-electron chi connectivity index (χ3n) is 5.93. The molecule has 0 bridgehead atoms. The zero-order chi connectivity index (χ0) is 22.7. The van der Waals surface area contributed by atoms with Crippen LogP contribution in [0.1, 0.15) is 40.4 Å². The Balaban J connectivity index is 1.55. The van der Waals surface area contributed by atoms with E-state index in [-0.39, 0.29) is 11.5 Å². The van der Waals surface area contributed by atoms with Gasteiger partial charge in [-0.25, -0.2) is 22.7 Å². The Labute approximate surface area is 181 Å². The molecule has 0 unspecified atom stereocenters. The number of halogens is 3. The number of nitrogens with zero attached hydrogens (tertiary/aromatic N) is 6. The SMILES string of the molecule is Cc1nc2cccnn2c1C(=O)N1CCc2c(nn(C)c2-c2cc(F)c(F)c(F)c2)[C@@H]1C. The van der Waals surface area contributed by atoms with Crippen LogP contribution < -0.4 is 0 Å². The molecule has 4 aromatic rings. The molecule has 0 radical (unpaired) electrons. The topological polar surface area (TPSA) is 68.3 Å². The second-order valence-corrected chi connectivity index (χ2v) is 7.85. The molecule has 1 atom stereocenters. The smallest absolute Gasteiger partial charge is 0.275 e. The highest BCUT2D eigenvalue weighted by molar-refractivity contribution is 5.95.